The van der Waals surface area contributed by atoms with Crippen molar-refractivity contribution in [3.05, 3.63) is 11.8 Å². The van der Waals surface area contributed by atoms with Crippen molar-refractivity contribution in [1.29, 1.82) is 0 Å². The molecule has 0 aromatic carbocycles. The van der Waals surface area contributed by atoms with E-state index in [9.17, 15) is 5.11 Å². The third-order valence-corrected chi connectivity index (χ3v) is 5.96. The van der Waals surface area contributed by atoms with Gasteiger partial charge in [0.15, 0.2) is 0 Å². The average molecular weight is 332 g/mol. The summed E-state index contributed by atoms with van der Waals surface area (Å²) in [6.45, 7) is 5.40. The van der Waals surface area contributed by atoms with Crippen LogP contribution in [0.2, 0.25) is 0 Å². The molecule has 2 unspecified atom stereocenters. The summed E-state index contributed by atoms with van der Waals surface area (Å²) in [5, 5.41) is 9.53. The van der Waals surface area contributed by atoms with Gasteiger partial charge in [-0.05, 0) is 37.5 Å². The molecule has 2 aliphatic heterocycles. The molecule has 4 rings (SSSR count). The van der Waals surface area contributed by atoms with Crippen LogP contribution in [0.5, 0.6) is 0 Å². The van der Waals surface area contributed by atoms with Gasteiger partial charge in [-0.1, -0.05) is 6.92 Å². The Kier molecular flexibility index (Phi) is 4.32. The van der Waals surface area contributed by atoms with E-state index in [-0.39, 0.29) is 6.10 Å². The second-order valence-corrected chi connectivity index (χ2v) is 7.68. The number of nitrogens with two attached hydrogens (primary N) is 1. The van der Waals surface area contributed by atoms with Gasteiger partial charge in [0.1, 0.15) is 5.82 Å². The summed E-state index contributed by atoms with van der Waals surface area (Å²) in [4.78, 5) is 11.2. The fourth-order valence-corrected chi connectivity index (χ4v) is 4.35. The summed E-state index contributed by atoms with van der Waals surface area (Å²) in [6.07, 6.45) is 3.74. The number of nitrogens with zero attached hydrogens (tertiary/aromatic N) is 3. The van der Waals surface area contributed by atoms with Gasteiger partial charge in [0.25, 0.3) is 0 Å². The molecule has 24 heavy (non-hydrogen) atoms. The Labute approximate surface area is 143 Å². The lowest BCUT2D eigenvalue weighted by Gasteiger charge is -2.37. The molecule has 7 heteroatoms. The molecular weight excluding hydrogens is 304 g/mol. The predicted molar refractivity (Wildman–Crippen MR) is 93.5 cm³/mol. The smallest absolute Gasteiger partial charge is 0.222 e. The molecule has 1 aromatic rings. The summed E-state index contributed by atoms with van der Waals surface area (Å²) < 4.78 is 0. The molecule has 1 aromatic heterocycles. The van der Waals surface area contributed by atoms with Crippen LogP contribution in [-0.4, -0.2) is 46.9 Å². The van der Waals surface area contributed by atoms with Crippen molar-refractivity contribution in [2.45, 2.75) is 50.7 Å². The molecule has 3 aliphatic rings. The molecule has 132 valence electrons. The highest BCUT2D eigenvalue weighted by Gasteiger charge is 2.34. The lowest BCUT2D eigenvalue weighted by molar-refractivity contribution is 0.0732. The third-order valence-electron chi connectivity index (χ3n) is 5.96. The summed E-state index contributed by atoms with van der Waals surface area (Å²) in [5.41, 5.74) is 13.6. The minimum Gasteiger partial charge on any atom is -0.393 e. The van der Waals surface area contributed by atoms with Crippen LogP contribution in [0.15, 0.2) is 6.07 Å². The van der Waals surface area contributed by atoms with Crippen molar-refractivity contribution in [1.82, 2.24) is 20.8 Å². The molecule has 0 spiro atoms. The van der Waals surface area contributed by atoms with Crippen LogP contribution in [0.3, 0.4) is 0 Å². The van der Waals surface area contributed by atoms with Crippen LogP contribution in [0.25, 0.3) is 0 Å². The number of hydrazine groups is 1. The molecule has 0 bridgehead atoms. The molecule has 5 N–H and O–H groups in total. The monoisotopic (exact) mass is 332 g/mol. The second-order valence-electron chi connectivity index (χ2n) is 7.68. The van der Waals surface area contributed by atoms with E-state index in [1.165, 1.54) is 12.8 Å². The van der Waals surface area contributed by atoms with Crippen LogP contribution in [0.1, 0.15) is 44.2 Å². The van der Waals surface area contributed by atoms with Crippen LogP contribution >= 0.6 is 0 Å². The summed E-state index contributed by atoms with van der Waals surface area (Å²) in [6, 6.07) is 2.65. The minimum absolute atomic E-state index is 0.181. The molecule has 3 heterocycles. The number of anilines is 2. The normalized spacial score (nSPS) is 34.3. The lowest BCUT2D eigenvalue weighted by Crippen LogP contribution is -2.44. The zero-order valence-corrected chi connectivity index (χ0v) is 14.3. The van der Waals surface area contributed by atoms with E-state index in [1.54, 1.807) is 0 Å². The Morgan fingerprint density at radius 3 is 2.62 bits per heavy atom. The Bertz CT molecular complexity index is 582. The van der Waals surface area contributed by atoms with Crippen LogP contribution in [0.4, 0.5) is 11.8 Å². The number of piperidine rings is 1. The van der Waals surface area contributed by atoms with Crippen molar-refractivity contribution in [3.63, 3.8) is 0 Å². The third kappa shape index (κ3) is 3.08. The first-order valence-corrected chi connectivity index (χ1v) is 9.16. The first-order valence-electron chi connectivity index (χ1n) is 9.16. The van der Waals surface area contributed by atoms with Gasteiger partial charge < -0.3 is 15.7 Å². The maximum atomic E-state index is 9.53. The minimum atomic E-state index is -0.181. The number of aliphatic hydroxyl groups excluding tert-OH is 1. The van der Waals surface area contributed by atoms with Crippen LogP contribution in [0, 0.1) is 11.8 Å². The number of hydrogen-bond acceptors (Lipinski definition) is 7. The summed E-state index contributed by atoms with van der Waals surface area (Å²) in [7, 11) is 0. The van der Waals surface area contributed by atoms with Gasteiger partial charge in [-0.3, -0.25) is 10.9 Å². The van der Waals surface area contributed by atoms with Gasteiger partial charge in [-0.15, -0.1) is 0 Å². The van der Waals surface area contributed by atoms with Gasteiger partial charge in [0.05, 0.1) is 11.8 Å². The average Bonchev–Trinajstić information content (AvgIpc) is 2.97. The van der Waals surface area contributed by atoms with Crippen molar-refractivity contribution in [2.24, 2.45) is 11.8 Å². The summed E-state index contributed by atoms with van der Waals surface area (Å²) in [5.74, 6) is 3.03. The highest BCUT2D eigenvalue weighted by atomic mass is 16.3. The molecule has 3 fully saturated rings. The Morgan fingerprint density at radius 2 is 2.00 bits per heavy atom. The number of nitrogen functional groups attached to an aromatic ring is 1. The van der Waals surface area contributed by atoms with E-state index < -0.39 is 0 Å². The SMILES string of the molecule is CC1CNNC1C1CCN(c2cc(C3CC(O)C3)nc(N)n2)CC1. The van der Waals surface area contributed by atoms with E-state index in [2.05, 4.69) is 38.7 Å². The molecule has 2 atom stereocenters. The Morgan fingerprint density at radius 1 is 1.25 bits per heavy atom. The van der Waals surface area contributed by atoms with E-state index in [0.29, 0.717) is 29.7 Å². The molecule has 7 nitrogen and oxygen atoms in total. The standard InChI is InChI=1S/C17H28N6O/c1-10-9-19-22-16(10)11-2-4-23(5-3-11)15-8-14(20-17(18)21-15)12-6-13(24)7-12/h8,10-13,16,19,22,24H,2-7,9H2,1H3,(H2,18,20,21). The van der Waals surface area contributed by atoms with Crippen molar-refractivity contribution in [2.75, 3.05) is 30.3 Å². The molecule has 0 amide bonds. The highest BCUT2D eigenvalue weighted by molar-refractivity contribution is 5.45. The van der Waals surface area contributed by atoms with Gasteiger partial charge in [0.2, 0.25) is 5.95 Å². The number of hydrogen-bond donors (Lipinski definition) is 4. The first kappa shape index (κ1) is 16.1. The Hall–Kier alpha value is -1.44. The van der Waals surface area contributed by atoms with E-state index in [4.69, 9.17) is 5.73 Å². The predicted octanol–water partition coefficient (Wildman–Crippen LogP) is 0.626. The second kappa shape index (κ2) is 6.46. The fourth-order valence-electron chi connectivity index (χ4n) is 4.35. The van der Waals surface area contributed by atoms with Gasteiger partial charge >= 0.3 is 0 Å². The number of aliphatic hydroxyl groups is 1. The largest absolute Gasteiger partial charge is 0.393 e. The van der Waals surface area contributed by atoms with E-state index in [1.807, 2.05) is 0 Å². The van der Waals surface area contributed by atoms with Crippen molar-refractivity contribution >= 4 is 11.8 Å². The molecule has 2 saturated heterocycles. The van der Waals surface area contributed by atoms with Gasteiger partial charge in [-0.25, -0.2) is 4.98 Å². The highest BCUT2D eigenvalue weighted by Crippen LogP contribution is 2.37. The van der Waals surface area contributed by atoms with Crippen LogP contribution < -0.4 is 21.5 Å². The maximum absolute atomic E-state index is 9.53. The summed E-state index contributed by atoms with van der Waals surface area (Å²) >= 11 is 0. The van der Waals surface area contributed by atoms with Gasteiger partial charge in [0, 0.05) is 37.7 Å². The quantitative estimate of drug-likeness (QED) is 0.644. The molecule has 1 aliphatic carbocycles. The number of nitrogens with one attached hydrogen (secondary N) is 2. The molecular formula is C17H28N6O. The molecule has 0 radical (unpaired) electrons. The zero-order chi connectivity index (χ0) is 16.7. The fraction of sp³-hybridized carbons (Fsp3) is 0.765. The van der Waals surface area contributed by atoms with E-state index in [0.717, 1.165) is 44.0 Å². The molecule has 1 saturated carbocycles. The Balaban J connectivity index is 1.42. The number of aromatic nitrogens is 2. The number of rotatable bonds is 3. The first-order chi connectivity index (χ1) is 11.6. The van der Waals surface area contributed by atoms with Gasteiger partial charge in [-0.2, -0.15) is 4.98 Å². The van der Waals surface area contributed by atoms with Crippen molar-refractivity contribution in [3.8, 4) is 0 Å². The topological polar surface area (TPSA) is 99.3 Å². The lowest BCUT2D eigenvalue weighted by atomic mass is 9.80. The van der Waals surface area contributed by atoms with E-state index >= 15 is 0 Å². The van der Waals surface area contributed by atoms with Crippen molar-refractivity contribution < 1.29 is 5.11 Å². The maximum Gasteiger partial charge on any atom is 0.222 e. The van der Waals surface area contributed by atoms with Crippen LogP contribution in [-0.2, 0) is 0 Å². The zero-order valence-electron chi connectivity index (χ0n) is 14.3.